The normalized spacial score (nSPS) is 15.0. The van der Waals surface area contributed by atoms with Gasteiger partial charge in [-0.3, -0.25) is 4.79 Å². The largest absolute Gasteiger partial charge is 0.496 e. The van der Waals surface area contributed by atoms with E-state index < -0.39 is 5.91 Å². The molecule has 0 aliphatic carbocycles. The van der Waals surface area contributed by atoms with Gasteiger partial charge in [-0.15, -0.1) is 0 Å². The van der Waals surface area contributed by atoms with Crippen molar-refractivity contribution in [3.8, 4) is 11.8 Å². The predicted molar refractivity (Wildman–Crippen MR) is 111 cm³/mol. The Morgan fingerprint density at radius 2 is 1.93 bits per heavy atom. The zero-order chi connectivity index (χ0) is 19.9. The molecule has 1 aliphatic heterocycles. The van der Waals surface area contributed by atoms with Crippen LogP contribution in [0.2, 0.25) is 0 Å². The molecule has 1 heterocycles. The first kappa shape index (κ1) is 19.5. The molecule has 1 aliphatic rings. The first-order valence-electron chi connectivity index (χ1n) is 9.53. The van der Waals surface area contributed by atoms with Gasteiger partial charge >= 0.3 is 0 Å². The fourth-order valence-electron chi connectivity index (χ4n) is 3.39. The second-order valence-corrected chi connectivity index (χ2v) is 6.90. The summed E-state index contributed by atoms with van der Waals surface area (Å²) in [4.78, 5) is 14.9. The highest BCUT2D eigenvalue weighted by molar-refractivity contribution is 6.02. The number of hydrogen-bond acceptors (Lipinski definition) is 4. The molecule has 144 valence electrons. The van der Waals surface area contributed by atoms with Crippen molar-refractivity contribution in [3.63, 3.8) is 0 Å². The SMILES string of the molecule is COc1cc(N2CCCC2)ccc1/C=C(/C#N)C(=O)N[C@H](C)c1ccccc1. The average Bonchev–Trinajstić information content (AvgIpc) is 3.27. The molecule has 2 aromatic rings. The number of anilines is 1. The highest BCUT2D eigenvalue weighted by atomic mass is 16.5. The van der Waals surface area contributed by atoms with Gasteiger partial charge in [0, 0.05) is 30.4 Å². The fourth-order valence-corrected chi connectivity index (χ4v) is 3.39. The Bertz CT molecular complexity index is 894. The first-order valence-corrected chi connectivity index (χ1v) is 9.53. The molecule has 1 N–H and O–H groups in total. The molecule has 1 amide bonds. The number of carbonyl (C=O) groups is 1. The predicted octanol–water partition coefficient (Wildman–Crippen LogP) is 4.08. The molecular weight excluding hydrogens is 350 g/mol. The lowest BCUT2D eigenvalue weighted by Crippen LogP contribution is -2.27. The van der Waals surface area contributed by atoms with Crippen LogP contribution in [0.4, 0.5) is 5.69 Å². The lowest BCUT2D eigenvalue weighted by atomic mass is 10.1. The van der Waals surface area contributed by atoms with E-state index in [4.69, 9.17) is 4.74 Å². The summed E-state index contributed by atoms with van der Waals surface area (Å²) in [7, 11) is 1.60. The van der Waals surface area contributed by atoms with Crippen molar-refractivity contribution in [2.45, 2.75) is 25.8 Å². The maximum absolute atomic E-state index is 12.6. The molecule has 1 atom stereocenters. The van der Waals surface area contributed by atoms with Gasteiger partial charge in [0.25, 0.3) is 5.91 Å². The van der Waals surface area contributed by atoms with Crippen LogP contribution in [0.25, 0.3) is 6.08 Å². The second kappa shape index (κ2) is 9.09. The van der Waals surface area contributed by atoms with E-state index in [0.717, 1.165) is 24.3 Å². The number of benzene rings is 2. The number of carbonyl (C=O) groups excluding carboxylic acids is 1. The Kier molecular flexibility index (Phi) is 6.33. The maximum atomic E-state index is 12.6. The summed E-state index contributed by atoms with van der Waals surface area (Å²) in [5.41, 5.74) is 2.85. The van der Waals surface area contributed by atoms with E-state index in [-0.39, 0.29) is 11.6 Å². The van der Waals surface area contributed by atoms with Gasteiger partial charge in [0.15, 0.2) is 0 Å². The maximum Gasteiger partial charge on any atom is 0.262 e. The van der Waals surface area contributed by atoms with Crippen LogP contribution in [-0.2, 0) is 4.79 Å². The number of nitriles is 1. The van der Waals surface area contributed by atoms with Gasteiger partial charge in [-0.2, -0.15) is 5.26 Å². The third-order valence-electron chi connectivity index (χ3n) is 5.00. The first-order chi connectivity index (χ1) is 13.6. The summed E-state index contributed by atoms with van der Waals surface area (Å²) in [6.07, 6.45) is 3.98. The number of hydrogen-bond donors (Lipinski definition) is 1. The highest BCUT2D eigenvalue weighted by Gasteiger charge is 2.17. The van der Waals surface area contributed by atoms with Crippen LogP contribution < -0.4 is 15.0 Å². The standard InChI is InChI=1S/C23H25N3O2/c1-17(18-8-4-3-5-9-18)25-23(27)20(16-24)14-19-10-11-21(15-22(19)28-2)26-12-6-7-13-26/h3-5,8-11,14-15,17H,6-7,12-13H2,1-2H3,(H,25,27)/b20-14-/t17-/m1/s1. The molecule has 1 fully saturated rings. The van der Waals surface area contributed by atoms with Crippen LogP contribution in [0.1, 0.15) is 36.9 Å². The molecule has 5 nitrogen and oxygen atoms in total. The highest BCUT2D eigenvalue weighted by Crippen LogP contribution is 2.29. The molecule has 5 heteroatoms. The molecule has 0 aromatic heterocycles. The Hall–Kier alpha value is -3.26. The lowest BCUT2D eigenvalue weighted by Gasteiger charge is -2.19. The van der Waals surface area contributed by atoms with Crippen molar-refractivity contribution in [3.05, 3.63) is 65.2 Å². The van der Waals surface area contributed by atoms with Crippen molar-refractivity contribution in [1.29, 1.82) is 5.26 Å². The van der Waals surface area contributed by atoms with E-state index in [1.807, 2.05) is 61.5 Å². The number of amides is 1. The van der Waals surface area contributed by atoms with Crippen LogP contribution in [0.15, 0.2) is 54.1 Å². The number of rotatable bonds is 6. The van der Waals surface area contributed by atoms with Crippen molar-refractivity contribution in [2.75, 3.05) is 25.1 Å². The summed E-state index contributed by atoms with van der Waals surface area (Å²) in [6, 6.07) is 17.4. The van der Waals surface area contributed by atoms with E-state index in [0.29, 0.717) is 11.3 Å². The van der Waals surface area contributed by atoms with E-state index in [1.165, 1.54) is 12.8 Å². The van der Waals surface area contributed by atoms with Crippen LogP contribution in [0.5, 0.6) is 5.75 Å². The average molecular weight is 375 g/mol. The third kappa shape index (κ3) is 4.52. The van der Waals surface area contributed by atoms with Gasteiger partial charge in [0.05, 0.1) is 13.2 Å². The fraction of sp³-hybridized carbons (Fsp3) is 0.304. The molecule has 2 aromatic carbocycles. The molecule has 0 bridgehead atoms. The monoisotopic (exact) mass is 375 g/mol. The number of nitrogens with zero attached hydrogens (tertiary/aromatic N) is 2. The molecule has 0 unspecified atom stereocenters. The van der Waals surface area contributed by atoms with Crippen LogP contribution in [0, 0.1) is 11.3 Å². The Balaban J connectivity index is 1.79. The van der Waals surface area contributed by atoms with E-state index in [9.17, 15) is 10.1 Å². The van der Waals surface area contributed by atoms with Crippen LogP contribution >= 0.6 is 0 Å². The lowest BCUT2D eigenvalue weighted by molar-refractivity contribution is -0.117. The van der Waals surface area contributed by atoms with Crippen LogP contribution in [0.3, 0.4) is 0 Å². The quantitative estimate of drug-likeness (QED) is 0.610. The minimum Gasteiger partial charge on any atom is -0.496 e. The Labute approximate surface area is 166 Å². The second-order valence-electron chi connectivity index (χ2n) is 6.90. The molecular formula is C23H25N3O2. The summed E-state index contributed by atoms with van der Waals surface area (Å²) in [5.74, 6) is 0.255. The minimum atomic E-state index is -0.399. The Morgan fingerprint density at radius 1 is 1.21 bits per heavy atom. The van der Waals surface area contributed by atoms with Gasteiger partial charge in [-0.1, -0.05) is 30.3 Å². The molecule has 28 heavy (non-hydrogen) atoms. The Morgan fingerprint density at radius 3 is 2.57 bits per heavy atom. The molecule has 0 saturated carbocycles. The van der Waals surface area contributed by atoms with E-state index >= 15 is 0 Å². The van der Waals surface area contributed by atoms with Crippen molar-refractivity contribution in [2.24, 2.45) is 0 Å². The summed E-state index contributed by atoms with van der Waals surface area (Å²) < 4.78 is 5.51. The van der Waals surface area contributed by atoms with Gasteiger partial charge in [0.2, 0.25) is 0 Å². The zero-order valence-corrected chi connectivity index (χ0v) is 16.3. The molecule has 1 saturated heterocycles. The van der Waals surface area contributed by atoms with Crippen molar-refractivity contribution in [1.82, 2.24) is 5.32 Å². The van der Waals surface area contributed by atoms with Gasteiger partial charge in [-0.05, 0) is 43.5 Å². The number of nitrogens with one attached hydrogen (secondary N) is 1. The van der Waals surface area contributed by atoms with Gasteiger partial charge in [0.1, 0.15) is 17.4 Å². The van der Waals surface area contributed by atoms with Gasteiger partial charge < -0.3 is 15.0 Å². The van der Waals surface area contributed by atoms with Gasteiger partial charge in [-0.25, -0.2) is 0 Å². The minimum absolute atomic E-state index is 0.0509. The molecule has 3 rings (SSSR count). The number of ether oxygens (including phenoxy) is 1. The van der Waals surface area contributed by atoms with Crippen LogP contribution in [-0.4, -0.2) is 26.1 Å². The van der Waals surface area contributed by atoms with Crippen molar-refractivity contribution < 1.29 is 9.53 Å². The summed E-state index contributed by atoms with van der Waals surface area (Å²) in [5, 5.41) is 12.4. The smallest absolute Gasteiger partial charge is 0.262 e. The van der Waals surface area contributed by atoms with Crippen molar-refractivity contribution >= 4 is 17.7 Å². The third-order valence-corrected chi connectivity index (χ3v) is 5.00. The zero-order valence-electron chi connectivity index (χ0n) is 16.3. The summed E-state index contributed by atoms with van der Waals surface area (Å²) in [6.45, 7) is 3.98. The molecule has 0 radical (unpaired) electrons. The topological polar surface area (TPSA) is 65.4 Å². The van der Waals surface area contributed by atoms with E-state index in [1.54, 1.807) is 13.2 Å². The number of methoxy groups -OCH3 is 1. The van der Waals surface area contributed by atoms with E-state index in [2.05, 4.69) is 10.2 Å². The summed E-state index contributed by atoms with van der Waals surface area (Å²) >= 11 is 0. The molecule has 0 spiro atoms.